The summed E-state index contributed by atoms with van der Waals surface area (Å²) >= 11 is 9.29. The Balaban J connectivity index is 2.22. The van der Waals surface area contributed by atoms with Crippen LogP contribution in [0.25, 0.3) is 0 Å². The van der Waals surface area contributed by atoms with E-state index in [9.17, 15) is 9.18 Å². The molecule has 3 nitrogen and oxygen atoms in total. The van der Waals surface area contributed by atoms with E-state index in [0.29, 0.717) is 16.3 Å². The first-order chi connectivity index (χ1) is 9.40. The highest BCUT2D eigenvalue weighted by Crippen LogP contribution is 2.22. The van der Waals surface area contributed by atoms with Gasteiger partial charge in [0.15, 0.2) is 0 Å². The highest BCUT2D eigenvalue weighted by molar-refractivity contribution is 9.10. The zero-order chi connectivity index (χ0) is 14.9. The van der Waals surface area contributed by atoms with Crippen molar-refractivity contribution in [3.8, 4) is 0 Å². The maximum Gasteiger partial charge on any atom is 0.270 e. The van der Waals surface area contributed by atoms with E-state index in [0.717, 1.165) is 4.47 Å². The topological polar surface area (TPSA) is 25.2 Å². The summed E-state index contributed by atoms with van der Waals surface area (Å²) in [6.45, 7) is 0.118. The van der Waals surface area contributed by atoms with Gasteiger partial charge in [0.1, 0.15) is 11.5 Å². The summed E-state index contributed by atoms with van der Waals surface area (Å²) in [5.74, 6) is -0.609. The number of amides is 1. The lowest BCUT2D eigenvalue weighted by atomic mass is 10.2. The Labute approximate surface area is 130 Å². The fraction of sp³-hybridized carbons (Fsp3) is 0.214. The monoisotopic (exact) mass is 358 g/mol. The smallest absolute Gasteiger partial charge is 0.270 e. The second-order valence-corrected chi connectivity index (χ2v) is 5.84. The van der Waals surface area contributed by atoms with Crippen molar-refractivity contribution in [3.63, 3.8) is 0 Å². The second kappa shape index (κ2) is 5.97. The molecule has 0 aliphatic heterocycles. The first-order valence-electron chi connectivity index (χ1n) is 5.90. The van der Waals surface area contributed by atoms with E-state index in [1.54, 1.807) is 37.0 Å². The van der Waals surface area contributed by atoms with Gasteiger partial charge in [-0.25, -0.2) is 4.39 Å². The molecule has 1 amide bonds. The minimum Gasteiger partial charge on any atom is -0.345 e. The molecular formula is C14H13BrClFN2O. The molecule has 2 rings (SSSR count). The summed E-state index contributed by atoms with van der Waals surface area (Å²) < 4.78 is 16.3. The van der Waals surface area contributed by atoms with Gasteiger partial charge in [-0.2, -0.15) is 0 Å². The molecule has 0 N–H and O–H groups in total. The molecular weight excluding hydrogens is 347 g/mol. The molecule has 0 saturated heterocycles. The molecule has 1 aromatic heterocycles. The van der Waals surface area contributed by atoms with E-state index in [1.165, 1.54) is 17.0 Å². The molecule has 2 aromatic rings. The van der Waals surface area contributed by atoms with Gasteiger partial charge in [-0.3, -0.25) is 4.79 Å². The lowest BCUT2D eigenvalue weighted by molar-refractivity contribution is 0.0774. The van der Waals surface area contributed by atoms with E-state index in [4.69, 9.17) is 11.6 Å². The number of carbonyl (C=O) groups is 1. The van der Waals surface area contributed by atoms with Crippen molar-refractivity contribution in [2.24, 2.45) is 7.05 Å². The predicted molar refractivity (Wildman–Crippen MR) is 80.3 cm³/mol. The zero-order valence-corrected chi connectivity index (χ0v) is 13.4. The van der Waals surface area contributed by atoms with E-state index >= 15 is 0 Å². The van der Waals surface area contributed by atoms with Crippen LogP contribution in [0.5, 0.6) is 0 Å². The molecule has 0 aliphatic carbocycles. The molecule has 106 valence electrons. The lowest BCUT2D eigenvalue weighted by Crippen LogP contribution is -2.28. The third-order valence-electron chi connectivity index (χ3n) is 2.99. The number of halogens is 3. The quantitative estimate of drug-likeness (QED) is 0.817. The number of hydrogen-bond acceptors (Lipinski definition) is 1. The minimum absolute atomic E-state index is 0.118. The van der Waals surface area contributed by atoms with Crippen LogP contribution in [0.4, 0.5) is 4.39 Å². The van der Waals surface area contributed by atoms with Gasteiger partial charge in [-0.15, -0.1) is 0 Å². The maximum atomic E-state index is 13.7. The molecule has 0 radical (unpaired) electrons. The normalized spacial score (nSPS) is 10.7. The Morgan fingerprint density at radius 1 is 1.50 bits per heavy atom. The third-order valence-corrected chi connectivity index (χ3v) is 3.78. The summed E-state index contributed by atoms with van der Waals surface area (Å²) in [7, 11) is 3.40. The van der Waals surface area contributed by atoms with Crippen LogP contribution in [0.2, 0.25) is 5.02 Å². The standard InChI is InChI=1S/C14H13BrClFN2O/c1-18-7-9(15)6-13(18)14(20)19(2)8-10-11(16)4-3-5-12(10)17/h3-7H,8H2,1-2H3. The molecule has 0 unspecified atom stereocenters. The van der Waals surface area contributed by atoms with Gasteiger partial charge in [0.2, 0.25) is 0 Å². The van der Waals surface area contributed by atoms with Gasteiger partial charge in [0.25, 0.3) is 5.91 Å². The third kappa shape index (κ3) is 3.04. The number of benzene rings is 1. The van der Waals surface area contributed by atoms with Gasteiger partial charge in [-0.05, 0) is 34.1 Å². The van der Waals surface area contributed by atoms with Crippen LogP contribution in [-0.4, -0.2) is 22.4 Å². The number of nitrogens with zero attached hydrogens (tertiary/aromatic N) is 2. The van der Waals surface area contributed by atoms with Crippen molar-refractivity contribution in [3.05, 3.63) is 57.0 Å². The molecule has 20 heavy (non-hydrogen) atoms. The van der Waals surface area contributed by atoms with Crippen LogP contribution >= 0.6 is 27.5 Å². The average Bonchev–Trinajstić information content (AvgIpc) is 2.72. The summed E-state index contributed by atoms with van der Waals surface area (Å²) in [5, 5.41) is 0.317. The van der Waals surface area contributed by atoms with Crippen molar-refractivity contribution >= 4 is 33.4 Å². The molecule has 6 heteroatoms. The molecule has 0 spiro atoms. The van der Waals surface area contributed by atoms with Gasteiger partial charge in [0.05, 0.1) is 6.54 Å². The van der Waals surface area contributed by atoms with Gasteiger partial charge >= 0.3 is 0 Å². The van der Waals surface area contributed by atoms with E-state index in [2.05, 4.69) is 15.9 Å². The van der Waals surface area contributed by atoms with Gasteiger partial charge in [-0.1, -0.05) is 17.7 Å². The van der Waals surface area contributed by atoms with Crippen LogP contribution in [0.15, 0.2) is 34.9 Å². The lowest BCUT2D eigenvalue weighted by Gasteiger charge is -2.18. The Morgan fingerprint density at radius 2 is 2.20 bits per heavy atom. The highest BCUT2D eigenvalue weighted by atomic mass is 79.9. The van der Waals surface area contributed by atoms with Gasteiger partial charge in [0, 0.05) is 35.4 Å². The van der Waals surface area contributed by atoms with Crippen molar-refractivity contribution < 1.29 is 9.18 Å². The van der Waals surface area contributed by atoms with Crippen LogP contribution in [0, 0.1) is 5.82 Å². The van der Waals surface area contributed by atoms with E-state index in [1.807, 2.05) is 0 Å². The maximum absolute atomic E-state index is 13.7. The number of rotatable bonds is 3. The Morgan fingerprint density at radius 3 is 2.75 bits per heavy atom. The number of hydrogen-bond donors (Lipinski definition) is 0. The van der Waals surface area contributed by atoms with E-state index in [-0.39, 0.29) is 12.5 Å². The average molecular weight is 360 g/mol. The summed E-state index contributed by atoms with van der Waals surface area (Å²) in [5.41, 5.74) is 0.838. The summed E-state index contributed by atoms with van der Waals surface area (Å²) in [6, 6.07) is 6.20. The second-order valence-electron chi connectivity index (χ2n) is 4.52. The minimum atomic E-state index is -0.412. The first-order valence-corrected chi connectivity index (χ1v) is 7.07. The van der Waals surface area contributed by atoms with Crippen LogP contribution < -0.4 is 0 Å². The molecule has 0 aliphatic rings. The first kappa shape index (κ1) is 15.1. The fourth-order valence-corrected chi connectivity index (χ4v) is 2.67. The summed E-state index contributed by atoms with van der Waals surface area (Å²) in [4.78, 5) is 13.8. The Hall–Kier alpha value is -1.33. The van der Waals surface area contributed by atoms with E-state index < -0.39 is 5.82 Å². The predicted octanol–water partition coefficient (Wildman–Crippen LogP) is 3.85. The number of aromatic nitrogens is 1. The molecule has 0 saturated carbocycles. The Kier molecular flexibility index (Phi) is 4.50. The molecule has 0 fully saturated rings. The fourth-order valence-electron chi connectivity index (χ4n) is 1.92. The zero-order valence-electron chi connectivity index (χ0n) is 11.0. The van der Waals surface area contributed by atoms with Crippen molar-refractivity contribution in [2.45, 2.75) is 6.54 Å². The summed E-state index contributed by atoms with van der Waals surface area (Å²) in [6.07, 6.45) is 1.79. The number of aryl methyl sites for hydroxylation is 1. The largest absolute Gasteiger partial charge is 0.345 e. The molecule has 1 heterocycles. The van der Waals surface area contributed by atoms with Crippen LogP contribution in [0.3, 0.4) is 0 Å². The van der Waals surface area contributed by atoms with Crippen molar-refractivity contribution in [1.82, 2.24) is 9.47 Å². The van der Waals surface area contributed by atoms with Crippen LogP contribution in [-0.2, 0) is 13.6 Å². The van der Waals surface area contributed by atoms with Crippen LogP contribution in [0.1, 0.15) is 16.1 Å². The van der Waals surface area contributed by atoms with Gasteiger partial charge < -0.3 is 9.47 Å². The SMILES string of the molecule is CN(Cc1c(F)cccc1Cl)C(=O)c1cc(Br)cn1C. The highest BCUT2D eigenvalue weighted by Gasteiger charge is 2.18. The van der Waals surface area contributed by atoms with Crippen molar-refractivity contribution in [2.75, 3.05) is 7.05 Å². The number of carbonyl (C=O) groups excluding carboxylic acids is 1. The molecule has 1 aromatic carbocycles. The molecule has 0 atom stereocenters. The van der Waals surface area contributed by atoms with Crippen molar-refractivity contribution in [1.29, 1.82) is 0 Å². The Bertz CT molecular complexity index is 636. The molecule has 0 bridgehead atoms.